The summed E-state index contributed by atoms with van der Waals surface area (Å²) in [5.74, 6) is 0. The third-order valence-electron chi connectivity index (χ3n) is 3.16. The lowest BCUT2D eigenvalue weighted by Gasteiger charge is -2.11. The maximum atomic E-state index is 4.35. The van der Waals surface area contributed by atoms with Crippen molar-refractivity contribution in [2.24, 2.45) is 0 Å². The monoisotopic (exact) mass is 291 g/mol. The number of hydrogen-bond acceptors (Lipinski definition) is 6. The molecule has 0 aromatic carbocycles. The summed E-state index contributed by atoms with van der Waals surface area (Å²) in [4.78, 5) is 0. The first-order chi connectivity index (χ1) is 9.69. The van der Waals surface area contributed by atoms with Gasteiger partial charge in [0.05, 0.1) is 17.4 Å². The zero-order valence-corrected chi connectivity index (χ0v) is 13.3. The van der Waals surface area contributed by atoms with Gasteiger partial charge in [-0.15, -0.1) is 10.2 Å². The molecule has 0 radical (unpaired) electrons. The first-order valence-corrected chi connectivity index (χ1v) is 7.91. The Kier molecular flexibility index (Phi) is 5.14. The van der Waals surface area contributed by atoms with Crippen molar-refractivity contribution >= 4 is 11.3 Å². The average molecular weight is 291 g/mol. The normalized spacial score (nSPS) is 12.6. The summed E-state index contributed by atoms with van der Waals surface area (Å²) < 4.78 is 0. The molecule has 0 bridgehead atoms. The maximum Gasteiger partial charge on any atom is 0.149 e. The van der Waals surface area contributed by atoms with Crippen LogP contribution in [-0.4, -0.2) is 26.9 Å². The van der Waals surface area contributed by atoms with E-state index >= 15 is 0 Å². The highest BCUT2D eigenvalue weighted by Crippen LogP contribution is 2.29. The fourth-order valence-electron chi connectivity index (χ4n) is 2.10. The van der Waals surface area contributed by atoms with Gasteiger partial charge < -0.3 is 5.32 Å². The van der Waals surface area contributed by atoms with Gasteiger partial charge in [0.15, 0.2) is 0 Å². The van der Waals surface area contributed by atoms with Crippen LogP contribution in [0.5, 0.6) is 0 Å². The van der Waals surface area contributed by atoms with E-state index in [2.05, 4.69) is 46.5 Å². The van der Waals surface area contributed by atoms with E-state index in [1.165, 1.54) is 0 Å². The number of nitrogens with one attached hydrogen (secondary N) is 1. The first-order valence-electron chi connectivity index (χ1n) is 7.09. The molecule has 0 aliphatic heterocycles. The van der Waals surface area contributed by atoms with Gasteiger partial charge in [-0.05, 0) is 32.4 Å². The third kappa shape index (κ3) is 3.19. The Bertz CT molecular complexity index is 566. The summed E-state index contributed by atoms with van der Waals surface area (Å²) >= 11 is 1.64. The highest BCUT2D eigenvalue weighted by atomic mass is 32.1. The molecule has 0 fully saturated rings. The Labute approximate surface area is 123 Å². The molecule has 1 N–H and O–H groups in total. The van der Waals surface area contributed by atoms with E-state index < -0.39 is 0 Å². The Morgan fingerprint density at radius 1 is 1.15 bits per heavy atom. The van der Waals surface area contributed by atoms with Crippen molar-refractivity contribution in [3.8, 4) is 10.6 Å². The smallest absolute Gasteiger partial charge is 0.149 e. The molecule has 0 saturated carbocycles. The van der Waals surface area contributed by atoms with E-state index in [1.807, 2.05) is 13.0 Å². The van der Waals surface area contributed by atoms with E-state index in [1.54, 1.807) is 11.3 Å². The van der Waals surface area contributed by atoms with E-state index in [0.717, 1.165) is 46.4 Å². The van der Waals surface area contributed by atoms with Crippen molar-refractivity contribution in [3.63, 3.8) is 0 Å². The van der Waals surface area contributed by atoms with Crippen molar-refractivity contribution in [1.29, 1.82) is 0 Å². The summed E-state index contributed by atoms with van der Waals surface area (Å²) in [5.41, 5.74) is 2.96. The molecule has 2 rings (SSSR count). The largest absolute Gasteiger partial charge is 0.308 e. The van der Waals surface area contributed by atoms with Gasteiger partial charge in [0.1, 0.15) is 10.0 Å². The van der Waals surface area contributed by atoms with Crippen LogP contribution in [0.15, 0.2) is 6.07 Å². The Balaban J connectivity index is 2.35. The maximum absolute atomic E-state index is 4.35. The van der Waals surface area contributed by atoms with Crippen LogP contribution < -0.4 is 5.32 Å². The van der Waals surface area contributed by atoms with Gasteiger partial charge in [0.2, 0.25) is 0 Å². The molecule has 108 valence electrons. The molecule has 0 aliphatic rings. The lowest BCUT2D eigenvalue weighted by atomic mass is 10.1. The van der Waals surface area contributed by atoms with Crippen molar-refractivity contribution in [2.45, 2.75) is 46.6 Å². The predicted octanol–water partition coefficient (Wildman–Crippen LogP) is 2.93. The minimum Gasteiger partial charge on any atom is -0.308 e. The highest BCUT2D eigenvalue weighted by Gasteiger charge is 2.17. The van der Waals surface area contributed by atoms with Crippen LogP contribution in [0.3, 0.4) is 0 Å². The lowest BCUT2D eigenvalue weighted by Crippen LogP contribution is -2.19. The number of aryl methyl sites for hydroxylation is 2. The third-order valence-corrected chi connectivity index (χ3v) is 4.23. The molecular weight excluding hydrogens is 270 g/mol. The Hall–Kier alpha value is -1.40. The molecule has 5 nitrogen and oxygen atoms in total. The van der Waals surface area contributed by atoms with Crippen molar-refractivity contribution in [1.82, 2.24) is 25.7 Å². The van der Waals surface area contributed by atoms with E-state index in [4.69, 9.17) is 0 Å². The number of rotatable bonds is 6. The molecule has 1 unspecified atom stereocenters. The van der Waals surface area contributed by atoms with Crippen LogP contribution in [-0.2, 0) is 6.42 Å². The molecule has 0 saturated heterocycles. The summed E-state index contributed by atoms with van der Waals surface area (Å²) in [6.07, 6.45) is 1.86. The number of hydrogen-bond donors (Lipinski definition) is 1. The van der Waals surface area contributed by atoms with E-state index in [-0.39, 0.29) is 6.04 Å². The molecule has 20 heavy (non-hydrogen) atoms. The first kappa shape index (κ1) is 15.0. The van der Waals surface area contributed by atoms with Gasteiger partial charge >= 0.3 is 0 Å². The zero-order chi connectivity index (χ0) is 14.5. The van der Waals surface area contributed by atoms with Crippen molar-refractivity contribution < 1.29 is 0 Å². The molecule has 0 aliphatic carbocycles. The second-order valence-corrected chi connectivity index (χ2v) is 5.67. The van der Waals surface area contributed by atoms with Crippen molar-refractivity contribution in [2.75, 3.05) is 6.54 Å². The topological polar surface area (TPSA) is 63.6 Å². The Morgan fingerprint density at radius 2 is 1.95 bits per heavy atom. The molecule has 0 amide bonds. The molecular formula is C14H21N5S. The van der Waals surface area contributed by atoms with E-state index in [0.29, 0.717) is 0 Å². The fraction of sp³-hybridized carbons (Fsp3) is 0.571. The van der Waals surface area contributed by atoms with Gasteiger partial charge in [0, 0.05) is 5.56 Å². The second kappa shape index (κ2) is 6.85. The van der Waals surface area contributed by atoms with Gasteiger partial charge in [-0.2, -0.15) is 10.2 Å². The van der Waals surface area contributed by atoms with Gasteiger partial charge in [-0.3, -0.25) is 0 Å². The predicted molar refractivity (Wildman–Crippen MR) is 81.8 cm³/mol. The second-order valence-electron chi connectivity index (χ2n) is 4.66. The summed E-state index contributed by atoms with van der Waals surface area (Å²) in [5, 5.41) is 22.5. The standard InChI is InChI=1S/C14H21N5S/c1-5-11-10(8-9(4)16-17-11)13-18-19-14(20-13)12(6-2)15-7-3/h8,12,15H,5-7H2,1-4H3. The summed E-state index contributed by atoms with van der Waals surface area (Å²) in [6.45, 7) is 9.23. The van der Waals surface area contributed by atoms with Gasteiger partial charge in [-0.1, -0.05) is 32.1 Å². The van der Waals surface area contributed by atoms with Gasteiger partial charge in [0.25, 0.3) is 0 Å². The number of nitrogens with zero attached hydrogens (tertiary/aromatic N) is 4. The van der Waals surface area contributed by atoms with Crippen LogP contribution in [0.4, 0.5) is 0 Å². The average Bonchev–Trinajstić information content (AvgIpc) is 2.94. The molecule has 2 aromatic rings. The van der Waals surface area contributed by atoms with Crippen LogP contribution in [0.1, 0.15) is 49.6 Å². The van der Waals surface area contributed by atoms with Crippen LogP contribution in [0, 0.1) is 6.92 Å². The molecule has 0 spiro atoms. The zero-order valence-electron chi connectivity index (χ0n) is 12.5. The molecule has 2 heterocycles. The van der Waals surface area contributed by atoms with Crippen LogP contribution in [0.2, 0.25) is 0 Å². The van der Waals surface area contributed by atoms with E-state index in [9.17, 15) is 0 Å². The minimum atomic E-state index is 0.284. The number of aromatic nitrogens is 4. The quantitative estimate of drug-likeness (QED) is 0.886. The molecule has 1 atom stereocenters. The molecule has 2 aromatic heterocycles. The van der Waals surface area contributed by atoms with Crippen molar-refractivity contribution in [3.05, 3.63) is 22.5 Å². The SMILES string of the molecule is CCNC(CC)c1nnc(-c2cc(C)nnc2CC)s1. The Morgan fingerprint density at radius 3 is 2.60 bits per heavy atom. The summed E-state index contributed by atoms with van der Waals surface area (Å²) in [6, 6.07) is 2.33. The van der Waals surface area contributed by atoms with Crippen LogP contribution >= 0.6 is 11.3 Å². The summed E-state index contributed by atoms with van der Waals surface area (Å²) in [7, 11) is 0. The minimum absolute atomic E-state index is 0.284. The fourth-order valence-corrected chi connectivity index (χ4v) is 3.14. The highest BCUT2D eigenvalue weighted by molar-refractivity contribution is 7.14. The van der Waals surface area contributed by atoms with Gasteiger partial charge in [-0.25, -0.2) is 0 Å². The lowest BCUT2D eigenvalue weighted by molar-refractivity contribution is 0.531. The molecule has 6 heteroatoms. The van der Waals surface area contributed by atoms with Crippen LogP contribution in [0.25, 0.3) is 10.6 Å².